The second-order valence-corrected chi connectivity index (χ2v) is 9.31. The maximum atomic E-state index is 11.9. The fourth-order valence-electron chi connectivity index (χ4n) is 3.29. The van der Waals surface area contributed by atoms with Gasteiger partial charge in [-0.15, -0.1) is 0 Å². The Kier molecular flexibility index (Phi) is 7.03. The van der Waals surface area contributed by atoms with Gasteiger partial charge in [0.2, 0.25) is 0 Å². The summed E-state index contributed by atoms with van der Waals surface area (Å²) in [5.74, 6) is 2.12. The van der Waals surface area contributed by atoms with Gasteiger partial charge in [0.15, 0.2) is 5.82 Å². The Balaban J connectivity index is 2.05. The van der Waals surface area contributed by atoms with Crippen molar-refractivity contribution in [1.82, 2.24) is 14.5 Å². The molecule has 0 aliphatic carbocycles. The van der Waals surface area contributed by atoms with Crippen LogP contribution in [-0.4, -0.2) is 34.5 Å². The van der Waals surface area contributed by atoms with Crippen LogP contribution in [-0.2, 0) is 22.8 Å². The van der Waals surface area contributed by atoms with Crippen LogP contribution in [0.15, 0.2) is 0 Å². The Morgan fingerprint density at radius 1 is 1.00 bits per heavy atom. The Bertz CT molecular complexity index is 856. The molecule has 6 nitrogen and oxygen atoms in total. The molecule has 0 amide bonds. The van der Waals surface area contributed by atoms with Crippen LogP contribution < -0.4 is 5.73 Å². The minimum atomic E-state index is -2.89. The zero-order valence-electron chi connectivity index (χ0n) is 16.5. The number of nitrogens with zero attached hydrogens (tertiary/aromatic N) is 3. The number of aryl methyl sites for hydroxylation is 4. The Hall–Kier alpha value is -1.63. The van der Waals surface area contributed by atoms with Crippen LogP contribution >= 0.6 is 0 Å². The number of sulfone groups is 1. The number of hydrogen-bond acceptors (Lipinski definition) is 5. The van der Waals surface area contributed by atoms with Crippen molar-refractivity contribution < 1.29 is 8.42 Å². The molecule has 0 unspecified atom stereocenters. The molecule has 2 heterocycles. The van der Waals surface area contributed by atoms with Gasteiger partial charge in [-0.05, 0) is 38.7 Å². The minimum absolute atomic E-state index is 0.299. The lowest BCUT2D eigenvalue weighted by atomic mass is 10.2. The van der Waals surface area contributed by atoms with Gasteiger partial charge in [0.05, 0.1) is 17.0 Å². The van der Waals surface area contributed by atoms with Crippen molar-refractivity contribution in [2.75, 3.05) is 17.2 Å². The lowest BCUT2D eigenvalue weighted by Gasteiger charge is -2.11. The Labute approximate surface area is 157 Å². The van der Waals surface area contributed by atoms with Crippen LogP contribution in [0, 0.1) is 13.8 Å². The molecule has 2 aromatic heterocycles. The van der Waals surface area contributed by atoms with Gasteiger partial charge in [0.1, 0.15) is 21.2 Å². The first kappa shape index (κ1) is 20.7. The average Bonchev–Trinajstić information content (AvgIpc) is 2.97. The van der Waals surface area contributed by atoms with Crippen LogP contribution in [0.1, 0.15) is 63.0 Å². The molecule has 7 heteroatoms. The number of nitrogen functional groups attached to an aromatic ring is 1. The van der Waals surface area contributed by atoms with Gasteiger partial charge in [-0.1, -0.05) is 26.7 Å². The summed E-state index contributed by atoms with van der Waals surface area (Å²) >= 11 is 0. The van der Waals surface area contributed by atoms with Gasteiger partial charge >= 0.3 is 0 Å². The Morgan fingerprint density at radius 2 is 1.69 bits per heavy atom. The summed E-state index contributed by atoms with van der Waals surface area (Å²) < 4.78 is 26.1. The number of pyridine rings is 1. The third kappa shape index (κ3) is 4.75. The highest BCUT2D eigenvalue weighted by Gasteiger charge is 2.16. The molecule has 0 saturated heterocycles. The molecule has 2 rings (SSSR count). The van der Waals surface area contributed by atoms with Crippen LogP contribution in [0.5, 0.6) is 0 Å². The second-order valence-electron chi connectivity index (χ2n) is 7.00. The largest absolute Gasteiger partial charge is 0.382 e. The molecule has 0 atom stereocenters. The molecule has 146 valence electrons. The molecule has 0 aliphatic rings. The van der Waals surface area contributed by atoms with Gasteiger partial charge in [0.25, 0.3) is 0 Å². The molecule has 2 N–H and O–H groups in total. The Morgan fingerprint density at radius 3 is 2.35 bits per heavy atom. The summed E-state index contributed by atoms with van der Waals surface area (Å²) in [4.78, 5) is 9.07. The molecule has 0 radical (unpaired) electrons. The number of rotatable bonds is 10. The zero-order valence-corrected chi connectivity index (χ0v) is 17.3. The second kappa shape index (κ2) is 8.84. The quantitative estimate of drug-likeness (QED) is 0.636. The van der Waals surface area contributed by atoms with Crippen LogP contribution in [0.4, 0.5) is 5.82 Å². The normalized spacial score (nSPS) is 12.2. The molecule has 2 aromatic rings. The first-order chi connectivity index (χ1) is 12.3. The predicted molar refractivity (Wildman–Crippen MR) is 108 cm³/mol. The summed E-state index contributed by atoms with van der Waals surface area (Å²) in [6.45, 7) is 8.96. The molecule has 0 spiro atoms. The standard InChI is InChI=1S/C19H32N4O2S/c1-5-7-12-26(24,25)13-10-8-9-11-23-16(6-2)22-17-18(23)14(3)15(4)21-19(17)20/h5-13H2,1-4H3,(H2,20,21). The average molecular weight is 381 g/mol. The van der Waals surface area contributed by atoms with Crippen molar-refractivity contribution in [3.63, 3.8) is 0 Å². The molecule has 0 fully saturated rings. The van der Waals surface area contributed by atoms with E-state index in [0.717, 1.165) is 73.2 Å². The van der Waals surface area contributed by atoms with E-state index in [2.05, 4.69) is 28.4 Å². The van der Waals surface area contributed by atoms with E-state index in [0.29, 0.717) is 17.3 Å². The van der Waals surface area contributed by atoms with Crippen molar-refractivity contribution in [3.8, 4) is 0 Å². The van der Waals surface area contributed by atoms with Crippen LogP contribution in [0.2, 0.25) is 0 Å². The molecule has 0 bridgehead atoms. The SMILES string of the molecule is CCCCS(=O)(=O)CCCCCn1c(CC)nc2c(N)nc(C)c(C)c21. The van der Waals surface area contributed by atoms with E-state index in [-0.39, 0.29) is 0 Å². The number of unbranched alkanes of at least 4 members (excludes halogenated alkanes) is 3. The number of imidazole rings is 1. The number of nitrogens with two attached hydrogens (primary N) is 1. The van der Waals surface area contributed by atoms with Crippen molar-refractivity contribution in [2.45, 2.75) is 72.8 Å². The molecular formula is C19H32N4O2S. The topological polar surface area (TPSA) is 90.9 Å². The number of fused-ring (bicyclic) bond motifs is 1. The van der Waals surface area contributed by atoms with E-state index in [9.17, 15) is 8.42 Å². The third-order valence-electron chi connectivity index (χ3n) is 4.94. The first-order valence-corrected chi connectivity index (χ1v) is 11.4. The summed E-state index contributed by atoms with van der Waals surface area (Å²) in [6, 6.07) is 0. The fraction of sp³-hybridized carbons (Fsp3) is 0.684. The number of aromatic nitrogens is 3. The van der Waals surface area contributed by atoms with E-state index in [4.69, 9.17) is 5.73 Å². The van der Waals surface area contributed by atoms with E-state index < -0.39 is 9.84 Å². The lowest BCUT2D eigenvalue weighted by Crippen LogP contribution is -2.11. The van der Waals surface area contributed by atoms with Crippen molar-refractivity contribution in [1.29, 1.82) is 0 Å². The monoisotopic (exact) mass is 380 g/mol. The zero-order chi connectivity index (χ0) is 19.3. The van der Waals surface area contributed by atoms with Gasteiger partial charge in [-0.3, -0.25) is 0 Å². The molecule has 0 aromatic carbocycles. The summed E-state index contributed by atoms with van der Waals surface area (Å²) in [6.07, 6.45) is 5.07. The van der Waals surface area contributed by atoms with Gasteiger partial charge in [0, 0.05) is 18.7 Å². The van der Waals surface area contributed by atoms with E-state index in [1.807, 2.05) is 13.8 Å². The highest BCUT2D eigenvalue weighted by Crippen LogP contribution is 2.26. The predicted octanol–water partition coefficient (Wildman–Crippen LogP) is 3.58. The summed E-state index contributed by atoms with van der Waals surface area (Å²) in [5, 5.41) is 0. The van der Waals surface area contributed by atoms with Crippen molar-refractivity contribution in [2.24, 2.45) is 0 Å². The van der Waals surface area contributed by atoms with Crippen molar-refractivity contribution in [3.05, 3.63) is 17.1 Å². The summed E-state index contributed by atoms with van der Waals surface area (Å²) in [7, 11) is -2.89. The fourth-order valence-corrected chi connectivity index (χ4v) is 4.87. The maximum Gasteiger partial charge on any atom is 0.151 e. The molecule has 0 saturated carbocycles. The lowest BCUT2D eigenvalue weighted by molar-refractivity contribution is 0.572. The highest BCUT2D eigenvalue weighted by atomic mass is 32.2. The van der Waals surface area contributed by atoms with Crippen molar-refractivity contribution >= 4 is 26.7 Å². The van der Waals surface area contributed by atoms with E-state index >= 15 is 0 Å². The van der Waals surface area contributed by atoms with Gasteiger partial charge < -0.3 is 10.3 Å². The van der Waals surface area contributed by atoms with Crippen LogP contribution in [0.25, 0.3) is 11.0 Å². The molecule has 26 heavy (non-hydrogen) atoms. The molecular weight excluding hydrogens is 348 g/mol. The van der Waals surface area contributed by atoms with E-state index in [1.165, 1.54) is 0 Å². The number of hydrogen-bond donors (Lipinski definition) is 1. The third-order valence-corrected chi connectivity index (χ3v) is 6.76. The maximum absolute atomic E-state index is 11.9. The molecule has 0 aliphatic heterocycles. The number of anilines is 1. The smallest absolute Gasteiger partial charge is 0.151 e. The van der Waals surface area contributed by atoms with E-state index in [1.54, 1.807) is 0 Å². The first-order valence-electron chi connectivity index (χ1n) is 9.62. The minimum Gasteiger partial charge on any atom is -0.382 e. The highest BCUT2D eigenvalue weighted by molar-refractivity contribution is 7.91. The van der Waals surface area contributed by atoms with Gasteiger partial charge in [-0.2, -0.15) is 0 Å². The van der Waals surface area contributed by atoms with Gasteiger partial charge in [-0.25, -0.2) is 18.4 Å². The van der Waals surface area contributed by atoms with Crippen LogP contribution in [0.3, 0.4) is 0 Å². The summed E-state index contributed by atoms with van der Waals surface area (Å²) in [5.41, 5.74) is 9.98.